The van der Waals surface area contributed by atoms with E-state index in [1.807, 2.05) is 31.2 Å². The number of nitrogens with zero attached hydrogens (tertiary/aromatic N) is 1. The van der Waals surface area contributed by atoms with Crippen LogP contribution < -0.4 is 10.5 Å². The standard InChI is InChI=1S/C21H25FN2O2/c1-14(23)17-4-3-11-24(13-17)21(25)19-10-7-16(12-20(19)22)15-5-8-18(26-2)9-6-15/h5-10,12,14,17H,3-4,11,13,23H2,1-2H3. The van der Waals surface area contributed by atoms with Gasteiger partial charge in [0.15, 0.2) is 0 Å². The Morgan fingerprint density at radius 3 is 2.54 bits per heavy atom. The van der Waals surface area contributed by atoms with Crippen LogP contribution in [-0.4, -0.2) is 37.0 Å². The maximum Gasteiger partial charge on any atom is 0.256 e. The van der Waals surface area contributed by atoms with Gasteiger partial charge in [0.05, 0.1) is 12.7 Å². The highest BCUT2D eigenvalue weighted by Crippen LogP contribution is 2.26. The van der Waals surface area contributed by atoms with Crippen LogP contribution >= 0.6 is 0 Å². The number of carbonyl (C=O) groups is 1. The summed E-state index contributed by atoms with van der Waals surface area (Å²) in [5.41, 5.74) is 7.70. The molecule has 1 aliphatic rings. The molecule has 2 aromatic rings. The molecule has 138 valence electrons. The predicted molar refractivity (Wildman–Crippen MR) is 101 cm³/mol. The van der Waals surface area contributed by atoms with Crippen LogP contribution in [0.3, 0.4) is 0 Å². The minimum Gasteiger partial charge on any atom is -0.497 e. The number of ether oxygens (including phenoxy) is 1. The van der Waals surface area contributed by atoms with E-state index >= 15 is 0 Å². The van der Waals surface area contributed by atoms with E-state index in [4.69, 9.17) is 10.5 Å². The SMILES string of the molecule is COc1ccc(-c2ccc(C(=O)N3CCCC(C(C)N)C3)c(F)c2)cc1. The summed E-state index contributed by atoms with van der Waals surface area (Å²) in [6.07, 6.45) is 1.92. The Morgan fingerprint density at radius 1 is 1.23 bits per heavy atom. The normalized spacial score (nSPS) is 18.5. The molecule has 0 bridgehead atoms. The number of likely N-dealkylation sites (tertiary alicyclic amines) is 1. The lowest BCUT2D eigenvalue weighted by atomic mass is 9.91. The molecule has 1 aliphatic heterocycles. The van der Waals surface area contributed by atoms with Gasteiger partial charge in [-0.3, -0.25) is 4.79 Å². The van der Waals surface area contributed by atoms with Crippen LogP contribution in [0.4, 0.5) is 4.39 Å². The molecular weight excluding hydrogens is 331 g/mol. The first-order chi connectivity index (χ1) is 12.5. The fourth-order valence-electron chi connectivity index (χ4n) is 3.45. The Labute approximate surface area is 153 Å². The zero-order chi connectivity index (χ0) is 18.7. The van der Waals surface area contributed by atoms with Crippen LogP contribution in [0.2, 0.25) is 0 Å². The molecule has 2 N–H and O–H groups in total. The maximum atomic E-state index is 14.6. The van der Waals surface area contributed by atoms with Gasteiger partial charge in [-0.25, -0.2) is 4.39 Å². The minimum atomic E-state index is -0.494. The number of benzene rings is 2. The van der Waals surface area contributed by atoms with Gasteiger partial charge in [0.2, 0.25) is 0 Å². The molecule has 2 aromatic carbocycles. The van der Waals surface area contributed by atoms with Crippen LogP contribution in [0, 0.1) is 11.7 Å². The summed E-state index contributed by atoms with van der Waals surface area (Å²) >= 11 is 0. The summed E-state index contributed by atoms with van der Waals surface area (Å²) in [5.74, 6) is 0.268. The molecule has 1 fully saturated rings. The number of hydrogen-bond acceptors (Lipinski definition) is 3. The average Bonchev–Trinajstić information content (AvgIpc) is 2.67. The van der Waals surface area contributed by atoms with Crippen LogP contribution in [0.1, 0.15) is 30.1 Å². The second kappa shape index (κ2) is 7.87. The summed E-state index contributed by atoms with van der Waals surface area (Å²) < 4.78 is 19.8. The average molecular weight is 356 g/mol. The number of amides is 1. The second-order valence-electron chi connectivity index (χ2n) is 6.94. The molecule has 0 radical (unpaired) electrons. The predicted octanol–water partition coefficient (Wildman–Crippen LogP) is 3.70. The van der Waals surface area contributed by atoms with Gasteiger partial charge < -0.3 is 15.4 Å². The Morgan fingerprint density at radius 2 is 1.92 bits per heavy atom. The van der Waals surface area contributed by atoms with Crippen molar-refractivity contribution in [1.29, 1.82) is 0 Å². The van der Waals surface area contributed by atoms with E-state index in [2.05, 4.69) is 0 Å². The molecule has 1 amide bonds. The van der Waals surface area contributed by atoms with Crippen molar-refractivity contribution in [1.82, 2.24) is 4.90 Å². The fraction of sp³-hybridized carbons (Fsp3) is 0.381. The van der Waals surface area contributed by atoms with Gasteiger partial charge in [0.1, 0.15) is 11.6 Å². The lowest BCUT2D eigenvalue weighted by Crippen LogP contribution is -2.45. The minimum absolute atomic E-state index is 0.0351. The lowest BCUT2D eigenvalue weighted by molar-refractivity contribution is 0.0656. The molecule has 2 unspecified atom stereocenters. The number of rotatable bonds is 4. The van der Waals surface area contributed by atoms with Crippen molar-refractivity contribution in [2.45, 2.75) is 25.8 Å². The molecular formula is C21H25FN2O2. The number of nitrogens with two attached hydrogens (primary N) is 1. The fourth-order valence-corrected chi connectivity index (χ4v) is 3.45. The van der Waals surface area contributed by atoms with Crippen LogP contribution in [0.15, 0.2) is 42.5 Å². The van der Waals surface area contributed by atoms with Crippen molar-refractivity contribution >= 4 is 5.91 Å². The highest BCUT2D eigenvalue weighted by atomic mass is 19.1. The first-order valence-electron chi connectivity index (χ1n) is 8.98. The van der Waals surface area contributed by atoms with Gasteiger partial charge in [0.25, 0.3) is 5.91 Å². The lowest BCUT2D eigenvalue weighted by Gasteiger charge is -2.34. The quantitative estimate of drug-likeness (QED) is 0.909. The van der Waals surface area contributed by atoms with Gasteiger partial charge in [0, 0.05) is 19.1 Å². The van der Waals surface area contributed by atoms with Crippen molar-refractivity contribution in [3.05, 3.63) is 53.8 Å². The molecule has 0 aliphatic carbocycles. The third-order valence-corrected chi connectivity index (χ3v) is 5.11. The van der Waals surface area contributed by atoms with Crippen molar-refractivity contribution in [2.75, 3.05) is 20.2 Å². The van der Waals surface area contributed by atoms with E-state index < -0.39 is 5.82 Å². The Bertz CT molecular complexity index is 774. The van der Waals surface area contributed by atoms with Gasteiger partial charge >= 0.3 is 0 Å². The first-order valence-corrected chi connectivity index (χ1v) is 8.98. The Kier molecular flexibility index (Phi) is 5.57. The highest BCUT2D eigenvalue weighted by molar-refractivity contribution is 5.95. The van der Waals surface area contributed by atoms with Gasteiger partial charge in [-0.2, -0.15) is 0 Å². The van der Waals surface area contributed by atoms with Gasteiger partial charge in [-0.05, 0) is 61.1 Å². The van der Waals surface area contributed by atoms with Crippen molar-refractivity contribution in [3.63, 3.8) is 0 Å². The van der Waals surface area contributed by atoms with E-state index in [9.17, 15) is 9.18 Å². The molecule has 5 heteroatoms. The topological polar surface area (TPSA) is 55.6 Å². The van der Waals surface area contributed by atoms with Gasteiger partial charge in [-0.15, -0.1) is 0 Å². The summed E-state index contributed by atoms with van der Waals surface area (Å²) in [6, 6.07) is 12.2. The van der Waals surface area contributed by atoms with Crippen LogP contribution in [0.5, 0.6) is 5.75 Å². The monoisotopic (exact) mass is 356 g/mol. The van der Waals surface area contributed by atoms with E-state index in [0.29, 0.717) is 13.1 Å². The summed E-state index contributed by atoms with van der Waals surface area (Å²) in [4.78, 5) is 14.5. The van der Waals surface area contributed by atoms with Crippen LogP contribution in [0.25, 0.3) is 11.1 Å². The summed E-state index contributed by atoms with van der Waals surface area (Å²) in [5, 5.41) is 0. The Hall–Kier alpha value is -2.40. The van der Waals surface area contributed by atoms with Crippen LogP contribution in [-0.2, 0) is 0 Å². The first kappa shape index (κ1) is 18.4. The molecule has 2 atom stereocenters. The van der Waals surface area contributed by atoms with Crippen molar-refractivity contribution in [2.24, 2.45) is 11.7 Å². The second-order valence-corrected chi connectivity index (χ2v) is 6.94. The molecule has 26 heavy (non-hydrogen) atoms. The zero-order valence-electron chi connectivity index (χ0n) is 15.2. The molecule has 0 saturated carbocycles. The summed E-state index contributed by atoms with van der Waals surface area (Å²) in [6.45, 7) is 3.21. The zero-order valence-corrected chi connectivity index (χ0v) is 15.2. The molecule has 0 aromatic heterocycles. The third kappa shape index (κ3) is 3.88. The Balaban J connectivity index is 1.79. The maximum absolute atomic E-state index is 14.6. The molecule has 1 heterocycles. The van der Waals surface area contributed by atoms with Crippen molar-refractivity contribution < 1.29 is 13.9 Å². The molecule has 0 spiro atoms. The summed E-state index contributed by atoms with van der Waals surface area (Å²) in [7, 11) is 1.60. The van der Waals surface area contributed by atoms with E-state index in [0.717, 1.165) is 29.7 Å². The number of methoxy groups -OCH3 is 1. The molecule has 1 saturated heterocycles. The number of halogens is 1. The van der Waals surface area contributed by atoms with Gasteiger partial charge in [-0.1, -0.05) is 18.2 Å². The largest absolute Gasteiger partial charge is 0.497 e. The van der Waals surface area contributed by atoms with E-state index in [1.165, 1.54) is 6.07 Å². The molecule has 4 nitrogen and oxygen atoms in total. The highest BCUT2D eigenvalue weighted by Gasteiger charge is 2.27. The number of piperidine rings is 1. The van der Waals surface area contributed by atoms with E-state index in [1.54, 1.807) is 24.1 Å². The smallest absolute Gasteiger partial charge is 0.256 e. The number of hydrogen-bond donors (Lipinski definition) is 1. The van der Waals surface area contributed by atoms with E-state index in [-0.39, 0.29) is 23.4 Å². The number of carbonyl (C=O) groups excluding carboxylic acids is 1. The van der Waals surface area contributed by atoms with Crippen molar-refractivity contribution in [3.8, 4) is 16.9 Å². The third-order valence-electron chi connectivity index (χ3n) is 5.11. The molecule has 3 rings (SSSR count).